The molecule has 0 amide bonds. The first-order valence-electron chi connectivity index (χ1n) is 5.69. The molecule has 0 atom stereocenters. The van der Waals surface area contributed by atoms with Crippen molar-refractivity contribution in [2.24, 2.45) is 11.7 Å². The normalized spacial score (nSPS) is 10.8. The van der Waals surface area contributed by atoms with Gasteiger partial charge in [-0.05, 0) is 40.9 Å². The molecule has 1 aromatic rings. The second kappa shape index (κ2) is 6.86. The van der Waals surface area contributed by atoms with Crippen LogP contribution >= 0.6 is 15.9 Å². The maximum Gasteiger partial charge on any atom is 0.0592 e. The van der Waals surface area contributed by atoms with Gasteiger partial charge in [-0.2, -0.15) is 0 Å². The van der Waals surface area contributed by atoms with Gasteiger partial charge in [0.2, 0.25) is 0 Å². The van der Waals surface area contributed by atoms with Crippen molar-refractivity contribution in [1.29, 1.82) is 0 Å². The topological polar surface area (TPSA) is 42.1 Å². The molecule has 0 fully saturated rings. The summed E-state index contributed by atoms with van der Waals surface area (Å²) < 4.78 is 1.05. The fourth-order valence-electron chi connectivity index (χ4n) is 1.66. The Morgan fingerprint density at radius 3 is 2.81 bits per heavy atom. The first-order chi connectivity index (χ1) is 7.65. The summed E-state index contributed by atoms with van der Waals surface area (Å²) in [6.07, 6.45) is 4.68. The molecule has 0 spiro atoms. The lowest BCUT2D eigenvalue weighted by atomic mass is 10.2. The first-order valence-corrected chi connectivity index (χ1v) is 6.49. The molecule has 2 N–H and O–H groups in total. The third-order valence-corrected chi connectivity index (χ3v) is 2.92. The average molecular weight is 286 g/mol. The highest BCUT2D eigenvalue weighted by Gasteiger charge is 2.10. The lowest BCUT2D eigenvalue weighted by Gasteiger charge is -2.27. The number of rotatable bonds is 6. The van der Waals surface area contributed by atoms with Crippen LogP contribution < -0.4 is 10.6 Å². The second-order valence-corrected chi connectivity index (χ2v) is 5.16. The van der Waals surface area contributed by atoms with Gasteiger partial charge < -0.3 is 10.6 Å². The van der Waals surface area contributed by atoms with E-state index < -0.39 is 0 Å². The summed E-state index contributed by atoms with van der Waals surface area (Å²) in [5, 5.41) is 0. The van der Waals surface area contributed by atoms with Crippen LogP contribution in [0.2, 0.25) is 0 Å². The lowest BCUT2D eigenvalue weighted by molar-refractivity contribution is 0.600. The summed E-state index contributed by atoms with van der Waals surface area (Å²) >= 11 is 3.54. The van der Waals surface area contributed by atoms with Crippen molar-refractivity contribution in [2.45, 2.75) is 20.3 Å². The number of pyridine rings is 1. The van der Waals surface area contributed by atoms with E-state index >= 15 is 0 Å². The third kappa shape index (κ3) is 4.10. The van der Waals surface area contributed by atoms with E-state index in [2.05, 4.69) is 39.7 Å². The van der Waals surface area contributed by atoms with Crippen LogP contribution in [0.4, 0.5) is 5.69 Å². The first kappa shape index (κ1) is 13.5. The van der Waals surface area contributed by atoms with E-state index in [0.29, 0.717) is 5.92 Å². The van der Waals surface area contributed by atoms with Crippen LogP contribution in [0.25, 0.3) is 0 Å². The smallest absolute Gasteiger partial charge is 0.0592 e. The van der Waals surface area contributed by atoms with Crippen molar-refractivity contribution >= 4 is 21.6 Å². The summed E-state index contributed by atoms with van der Waals surface area (Å²) in [7, 11) is 0. The number of nitrogens with zero attached hydrogens (tertiary/aromatic N) is 2. The zero-order valence-electron chi connectivity index (χ0n) is 9.99. The Morgan fingerprint density at radius 1 is 1.50 bits per heavy atom. The minimum Gasteiger partial charge on any atom is -0.370 e. The van der Waals surface area contributed by atoms with Crippen LogP contribution in [-0.2, 0) is 0 Å². The molecular weight excluding hydrogens is 266 g/mol. The van der Waals surface area contributed by atoms with Crippen LogP contribution in [0.1, 0.15) is 20.3 Å². The third-order valence-electron chi connectivity index (χ3n) is 2.31. The van der Waals surface area contributed by atoms with Gasteiger partial charge in [-0.15, -0.1) is 0 Å². The van der Waals surface area contributed by atoms with Crippen LogP contribution in [0.15, 0.2) is 22.9 Å². The van der Waals surface area contributed by atoms with E-state index in [-0.39, 0.29) is 0 Å². The van der Waals surface area contributed by atoms with Crippen LogP contribution in [0.3, 0.4) is 0 Å². The van der Waals surface area contributed by atoms with Gasteiger partial charge in [0.1, 0.15) is 0 Å². The van der Waals surface area contributed by atoms with Crippen LogP contribution in [0.5, 0.6) is 0 Å². The minimum absolute atomic E-state index is 0.637. The molecule has 90 valence electrons. The molecule has 0 aliphatic carbocycles. The maximum absolute atomic E-state index is 5.57. The average Bonchev–Trinajstić information content (AvgIpc) is 2.24. The largest absolute Gasteiger partial charge is 0.370 e. The van der Waals surface area contributed by atoms with Crippen LogP contribution in [-0.4, -0.2) is 24.6 Å². The highest BCUT2D eigenvalue weighted by molar-refractivity contribution is 9.10. The Kier molecular flexibility index (Phi) is 5.77. The Labute approximate surface area is 106 Å². The number of hydrogen-bond donors (Lipinski definition) is 1. The minimum atomic E-state index is 0.637. The number of nitrogens with two attached hydrogens (primary N) is 1. The molecule has 16 heavy (non-hydrogen) atoms. The predicted octanol–water partition coefficient (Wildman–Crippen LogP) is 2.66. The Hall–Kier alpha value is -0.610. The standard InChI is InChI=1S/C12H20BrN3/c1-10(2)9-16(7-3-5-14)12-4-6-15-8-11(12)13/h4,6,8,10H,3,5,7,9,14H2,1-2H3. The van der Waals surface area contributed by atoms with E-state index in [9.17, 15) is 0 Å². The zero-order valence-corrected chi connectivity index (χ0v) is 11.6. The molecule has 3 nitrogen and oxygen atoms in total. The summed E-state index contributed by atoms with van der Waals surface area (Å²) in [6, 6.07) is 2.04. The second-order valence-electron chi connectivity index (χ2n) is 4.31. The molecule has 4 heteroatoms. The van der Waals surface area contributed by atoms with Gasteiger partial charge in [-0.3, -0.25) is 4.98 Å². The van der Waals surface area contributed by atoms with E-state index in [0.717, 1.165) is 30.5 Å². The molecule has 1 heterocycles. The Morgan fingerprint density at radius 2 is 2.25 bits per heavy atom. The van der Waals surface area contributed by atoms with Crippen molar-refractivity contribution < 1.29 is 0 Å². The lowest BCUT2D eigenvalue weighted by Crippen LogP contribution is -2.30. The highest BCUT2D eigenvalue weighted by Crippen LogP contribution is 2.25. The molecule has 0 bridgehead atoms. The van der Waals surface area contributed by atoms with Gasteiger partial charge in [-0.1, -0.05) is 13.8 Å². The molecule has 0 radical (unpaired) electrons. The van der Waals surface area contributed by atoms with Gasteiger partial charge in [0, 0.05) is 25.5 Å². The molecule has 1 aromatic heterocycles. The molecule has 1 rings (SSSR count). The fourth-order valence-corrected chi connectivity index (χ4v) is 2.16. The summed E-state index contributed by atoms with van der Waals surface area (Å²) in [4.78, 5) is 6.45. The molecular formula is C12H20BrN3. The van der Waals surface area contributed by atoms with Gasteiger partial charge in [0.15, 0.2) is 0 Å². The zero-order chi connectivity index (χ0) is 12.0. The Balaban J connectivity index is 2.78. The van der Waals surface area contributed by atoms with Crippen LogP contribution in [0, 0.1) is 5.92 Å². The van der Waals surface area contributed by atoms with Crippen molar-refractivity contribution in [3.8, 4) is 0 Å². The molecule has 0 aliphatic rings. The van der Waals surface area contributed by atoms with Crippen molar-refractivity contribution in [3.05, 3.63) is 22.9 Å². The highest BCUT2D eigenvalue weighted by atomic mass is 79.9. The van der Waals surface area contributed by atoms with Crippen molar-refractivity contribution in [2.75, 3.05) is 24.5 Å². The number of hydrogen-bond acceptors (Lipinski definition) is 3. The summed E-state index contributed by atoms with van der Waals surface area (Å²) in [6.45, 7) is 7.23. The molecule has 0 saturated heterocycles. The predicted molar refractivity (Wildman–Crippen MR) is 72.7 cm³/mol. The number of anilines is 1. The van der Waals surface area contributed by atoms with Gasteiger partial charge >= 0.3 is 0 Å². The van der Waals surface area contributed by atoms with Gasteiger partial charge in [0.05, 0.1) is 10.2 Å². The van der Waals surface area contributed by atoms with E-state index in [4.69, 9.17) is 5.73 Å². The summed E-state index contributed by atoms with van der Waals surface area (Å²) in [5.74, 6) is 0.637. The van der Waals surface area contributed by atoms with Gasteiger partial charge in [0.25, 0.3) is 0 Å². The quantitative estimate of drug-likeness (QED) is 0.874. The van der Waals surface area contributed by atoms with E-state index in [1.807, 2.05) is 18.5 Å². The van der Waals surface area contributed by atoms with E-state index in [1.165, 1.54) is 5.69 Å². The Bertz CT molecular complexity index is 315. The van der Waals surface area contributed by atoms with Crippen molar-refractivity contribution in [1.82, 2.24) is 4.98 Å². The molecule has 0 aliphatic heterocycles. The number of aromatic nitrogens is 1. The van der Waals surface area contributed by atoms with Gasteiger partial charge in [-0.25, -0.2) is 0 Å². The fraction of sp³-hybridized carbons (Fsp3) is 0.583. The molecule has 0 unspecified atom stereocenters. The van der Waals surface area contributed by atoms with E-state index in [1.54, 1.807) is 0 Å². The summed E-state index contributed by atoms with van der Waals surface area (Å²) in [5.41, 5.74) is 6.78. The molecule has 0 saturated carbocycles. The number of halogens is 1. The van der Waals surface area contributed by atoms with Crippen molar-refractivity contribution in [3.63, 3.8) is 0 Å². The maximum atomic E-state index is 5.57. The SMILES string of the molecule is CC(C)CN(CCCN)c1ccncc1Br. The monoisotopic (exact) mass is 285 g/mol. The molecule has 0 aromatic carbocycles.